The summed E-state index contributed by atoms with van der Waals surface area (Å²) in [6, 6.07) is 11.4. The number of carbonyl (C=O) groups excluding carboxylic acids is 2. The molecule has 0 heterocycles. The fourth-order valence-corrected chi connectivity index (χ4v) is 2.39. The van der Waals surface area contributed by atoms with Gasteiger partial charge in [0.2, 0.25) is 5.91 Å². The molecule has 0 aliphatic rings. The molecular weight excluding hydrogens is 386 g/mol. The number of carbonyl (C=O) groups is 2. The lowest BCUT2D eigenvalue weighted by Crippen LogP contribution is -2.17. The molecule has 130 valence electrons. The number of hydrazone groups is 1. The van der Waals surface area contributed by atoms with Crippen molar-refractivity contribution in [2.24, 2.45) is 5.10 Å². The van der Waals surface area contributed by atoms with Crippen molar-refractivity contribution in [1.29, 1.82) is 0 Å². The van der Waals surface area contributed by atoms with E-state index in [0.29, 0.717) is 23.2 Å². The largest absolute Gasteiger partial charge is 0.507 e. The molecule has 3 N–H and O–H groups in total. The molecule has 6 nitrogen and oxygen atoms in total. The number of hydrogen-bond donors (Lipinski definition) is 3. The lowest BCUT2D eigenvalue weighted by Gasteiger charge is -2.05. The van der Waals surface area contributed by atoms with Crippen LogP contribution < -0.4 is 10.7 Å². The Labute approximate surface area is 154 Å². The van der Waals surface area contributed by atoms with Gasteiger partial charge in [-0.1, -0.05) is 22.9 Å². The van der Waals surface area contributed by atoms with Crippen LogP contribution in [0.4, 0.5) is 5.69 Å². The Morgan fingerprint density at radius 3 is 2.60 bits per heavy atom. The Balaban J connectivity index is 1.95. The third-order valence-corrected chi connectivity index (χ3v) is 3.76. The number of rotatable bonds is 6. The third kappa shape index (κ3) is 5.72. The molecule has 0 atom stereocenters. The topological polar surface area (TPSA) is 90.8 Å². The number of hydrogen-bond acceptors (Lipinski definition) is 4. The van der Waals surface area contributed by atoms with Crippen LogP contribution in [0.3, 0.4) is 0 Å². The fraction of sp³-hybridized carbons (Fsp3) is 0.167. The number of halogens is 1. The Kier molecular flexibility index (Phi) is 6.71. The second-order valence-electron chi connectivity index (χ2n) is 5.28. The summed E-state index contributed by atoms with van der Waals surface area (Å²) < 4.78 is 0.791. The molecule has 0 saturated heterocycles. The second-order valence-corrected chi connectivity index (χ2v) is 6.19. The van der Waals surface area contributed by atoms with E-state index in [1.54, 1.807) is 36.4 Å². The van der Waals surface area contributed by atoms with E-state index >= 15 is 0 Å². The minimum absolute atomic E-state index is 0.0573. The van der Waals surface area contributed by atoms with Gasteiger partial charge in [0.15, 0.2) is 0 Å². The molecule has 2 amide bonds. The van der Waals surface area contributed by atoms with Crippen molar-refractivity contribution in [3.63, 3.8) is 0 Å². The summed E-state index contributed by atoms with van der Waals surface area (Å²) in [6.45, 7) is 1.93. The van der Waals surface area contributed by atoms with E-state index in [1.165, 1.54) is 12.3 Å². The molecule has 0 aliphatic heterocycles. The van der Waals surface area contributed by atoms with Crippen LogP contribution in [0.1, 0.15) is 35.7 Å². The second kappa shape index (κ2) is 8.98. The van der Waals surface area contributed by atoms with Crippen molar-refractivity contribution >= 4 is 39.6 Å². The van der Waals surface area contributed by atoms with Crippen LogP contribution in [0, 0.1) is 0 Å². The summed E-state index contributed by atoms with van der Waals surface area (Å²) in [4.78, 5) is 23.6. The van der Waals surface area contributed by atoms with Gasteiger partial charge in [-0.25, -0.2) is 5.43 Å². The lowest BCUT2D eigenvalue weighted by atomic mass is 10.2. The van der Waals surface area contributed by atoms with E-state index in [9.17, 15) is 14.7 Å². The summed E-state index contributed by atoms with van der Waals surface area (Å²) in [7, 11) is 0. The predicted octanol–water partition coefficient (Wildman–Crippen LogP) is 3.66. The molecule has 2 aromatic rings. The molecule has 0 spiro atoms. The highest BCUT2D eigenvalue weighted by Crippen LogP contribution is 2.20. The molecule has 7 heteroatoms. The Bertz CT molecular complexity index is 789. The standard InChI is InChI=1S/C18H18BrN3O3/c1-2-3-17(24)21-15-7-4-12(5-8-15)18(25)22-20-11-13-10-14(19)6-9-16(13)23/h4-11,23H,2-3H2,1H3,(H,21,24)(H,22,25)/b20-11+. The number of nitrogens with one attached hydrogen (secondary N) is 2. The first-order chi connectivity index (χ1) is 12.0. The average molecular weight is 404 g/mol. The molecule has 0 bridgehead atoms. The van der Waals surface area contributed by atoms with Crippen molar-refractivity contribution < 1.29 is 14.7 Å². The summed E-state index contributed by atoms with van der Waals surface area (Å²) >= 11 is 3.30. The fourth-order valence-electron chi connectivity index (χ4n) is 2.01. The molecule has 25 heavy (non-hydrogen) atoms. The number of aromatic hydroxyl groups is 1. The third-order valence-electron chi connectivity index (χ3n) is 3.27. The molecule has 0 unspecified atom stereocenters. The van der Waals surface area contributed by atoms with Crippen LogP contribution in [0.2, 0.25) is 0 Å². The first-order valence-corrected chi connectivity index (χ1v) is 8.50. The average Bonchev–Trinajstić information content (AvgIpc) is 2.58. The van der Waals surface area contributed by atoms with Gasteiger partial charge in [0, 0.05) is 27.7 Å². The maximum Gasteiger partial charge on any atom is 0.271 e. The van der Waals surface area contributed by atoms with E-state index < -0.39 is 5.91 Å². The number of amides is 2. The molecule has 0 aliphatic carbocycles. The number of phenolic OH excluding ortho intramolecular Hbond substituents is 1. The van der Waals surface area contributed by atoms with Gasteiger partial charge in [-0.2, -0.15) is 5.10 Å². The van der Waals surface area contributed by atoms with E-state index in [0.717, 1.165) is 10.9 Å². The monoisotopic (exact) mass is 403 g/mol. The molecule has 0 saturated carbocycles. The quantitative estimate of drug-likeness (QED) is 0.507. The van der Waals surface area contributed by atoms with Gasteiger partial charge in [-0.3, -0.25) is 9.59 Å². The van der Waals surface area contributed by atoms with E-state index in [-0.39, 0.29) is 11.7 Å². The number of anilines is 1. The molecule has 0 fully saturated rings. The van der Waals surface area contributed by atoms with Crippen LogP contribution in [0.25, 0.3) is 0 Å². The van der Waals surface area contributed by atoms with Gasteiger partial charge in [-0.05, 0) is 48.9 Å². The highest BCUT2D eigenvalue weighted by molar-refractivity contribution is 9.10. The zero-order chi connectivity index (χ0) is 18.2. The summed E-state index contributed by atoms with van der Waals surface area (Å²) in [5.74, 6) is -0.385. The Hall–Kier alpha value is -2.67. The highest BCUT2D eigenvalue weighted by Gasteiger charge is 2.06. The first-order valence-electron chi connectivity index (χ1n) is 7.71. The normalized spacial score (nSPS) is 10.6. The van der Waals surface area contributed by atoms with Gasteiger partial charge in [0.05, 0.1) is 6.21 Å². The zero-order valence-electron chi connectivity index (χ0n) is 13.6. The van der Waals surface area contributed by atoms with Crippen molar-refractivity contribution in [2.75, 3.05) is 5.32 Å². The van der Waals surface area contributed by atoms with Gasteiger partial charge >= 0.3 is 0 Å². The van der Waals surface area contributed by atoms with Crippen LogP contribution in [-0.4, -0.2) is 23.1 Å². The Morgan fingerprint density at radius 2 is 1.92 bits per heavy atom. The SMILES string of the molecule is CCCC(=O)Nc1ccc(C(=O)N/N=C/c2cc(Br)ccc2O)cc1. The van der Waals surface area contributed by atoms with Crippen LogP contribution in [0.15, 0.2) is 52.0 Å². The van der Waals surface area contributed by atoms with Crippen LogP contribution in [-0.2, 0) is 4.79 Å². The number of benzene rings is 2. The minimum Gasteiger partial charge on any atom is -0.507 e. The van der Waals surface area contributed by atoms with Crippen molar-refractivity contribution in [2.45, 2.75) is 19.8 Å². The number of phenols is 1. The molecular formula is C18H18BrN3O3. The minimum atomic E-state index is -0.392. The van der Waals surface area contributed by atoms with Gasteiger partial charge in [0.1, 0.15) is 5.75 Å². The Morgan fingerprint density at radius 1 is 1.20 bits per heavy atom. The summed E-state index contributed by atoms with van der Waals surface area (Å²) in [5, 5.41) is 16.3. The van der Waals surface area contributed by atoms with Crippen LogP contribution in [0.5, 0.6) is 5.75 Å². The summed E-state index contributed by atoms with van der Waals surface area (Å²) in [6.07, 6.45) is 2.59. The van der Waals surface area contributed by atoms with Crippen molar-refractivity contribution in [1.82, 2.24) is 5.43 Å². The van der Waals surface area contributed by atoms with E-state index in [4.69, 9.17) is 0 Å². The van der Waals surface area contributed by atoms with Gasteiger partial charge in [-0.15, -0.1) is 0 Å². The smallest absolute Gasteiger partial charge is 0.271 e. The first kappa shape index (κ1) is 18.7. The maximum atomic E-state index is 12.0. The maximum absolute atomic E-state index is 12.0. The van der Waals surface area contributed by atoms with E-state index in [2.05, 4.69) is 31.8 Å². The van der Waals surface area contributed by atoms with Crippen LogP contribution >= 0.6 is 15.9 Å². The predicted molar refractivity (Wildman–Crippen MR) is 101 cm³/mol. The van der Waals surface area contributed by atoms with Gasteiger partial charge < -0.3 is 10.4 Å². The molecule has 2 rings (SSSR count). The summed E-state index contributed by atoms with van der Waals surface area (Å²) in [5.41, 5.74) is 3.91. The highest BCUT2D eigenvalue weighted by atomic mass is 79.9. The molecule has 2 aromatic carbocycles. The zero-order valence-corrected chi connectivity index (χ0v) is 15.2. The van der Waals surface area contributed by atoms with Crippen molar-refractivity contribution in [3.05, 3.63) is 58.1 Å². The van der Waals surface area contributed by atoms with E-state index in [1.807, 2.05) is 6.92 Å². The number of nitrogens with zero attached hydrogens (tertiary/aromatic N) is 1. The van der Waals surface area contributed by atoms with Crippen molar-refractivity contribution in [3.8, 4) is 5.75 Å². The molecule has 0 aromatic heterocycles. The lowest BCUT2D eigenvalue weighted by molar-refractivity contribution is -0.116. The molecule has 0 radical (unpaired) electrons. The van der Waals surface area contributed by atoms with Gasteiger partial charge in [0.25, 0.3) is 5.91 Å².